The highest BCUT2D eigenvalue weighted by atomic mass is 32.1. The van der Waals surface area contributed by atoms with Gasteiger partial charge in [0.05, 0.1) is 28.5 Å². The van der Waals surface area contributed by atoms with Crippen molar-refractivity contribution < 1.29 is 9.53 Å². The van der Waals surface area contributed by atoms with Gasteiger partial charge >= 0.3 is 5.97 Å². The van der Waals surface area contributed by atoms with E-state index in [-0.39, 0.29) is 12.2 Å². The molecule has 0 aliphatic carbocycles. The number of benzene rings is 2. The molecule has 3 aromatic rings. The van der Waals surface area contributed by atoms with E-state index in [9.17, 15) is 9.59 Å². The van der Waals surface area contributed by atoms with Gasteiger partial charge in [0.15, 0.2) is 4.80 Å². The van der Waals surface area contributed by atoms with Gasteiger partial charge < -0.3 is 4.74 Å². The normalized spacial score (nSPS) is 16.2. The fraction of sp³-hybridized carbons (Fsp3) is 0.208. The number of esters is 1. The standard InChI is InChI=1S/C24H22N2O3S/c1-4-29-23(28)20-16(3)25-24-26(21(20)18-12-10-15(2)11-13-18)22(27)19(30-24)14-17-8-6-5-7-9-17/h5-14,21H,4H2,1-3H3/b19-14-. The number of carbonyl (C=O) groups is 1. The zero-order valence-corrected chi connectivity index (χ0v) is 17.9. The number of ether oxygens (including phenoxy) is 1. The van der Waals surface area contributed by atoms with Crippen LogP contribution in [0.3, 0.4) is 0 Å². The zero-order chi connectivity index (χ0) is 21.3. The maximum absolute atomic E-state index is 13.4. The van der Waals surface area contributed by atoms with Gasteiger partial charge in [0.2, 0.25) is 0 Å². The van der Waals surface area contributed by atoms with Crippen LogP contribution in [0.1, 0.15) is 36.6 Å². The third-order valence-corrected chi connectivity index (χ3v) is 5.99. The molecule has 1 aromatic heterocycles. The van der Waals surface area contributed by atoms with Crippen molar-refractivity contribution in [3.8, 4) is 0 Å². The van der Waals surface area contributed by atoms with Crippen LogP contribution in [-0.4, -0.2) is 17.1 Å². The van der Waals surface area contributed by atoms with E-state index in [1.54, 1.807) is 18.4 Å². The molecule has 2 aromatic carbocycles. The summed E-state index contributed by atoms with van der Waals surface area (Å²) in [6.45, 7) is 5.82. The molecule has 1 atom stereocenters. The summed E-state index contributed by atoms with van der Waals surface area (Å²) >= 11 is 1.33. The van der Waals surface area contributed by atoms with Gasteiger partial charge in [0.1, 0.15) is 0 Å². The number of aryl methyl sites for hydroxylation is 1. The average Bonchev–Trinajstić information content (AvgIpc) is 3.03. The van der Waals surface area contributed by atoms with Gasteiger partial charge in [-0.15, -0.1) is 0 Å². The van der Waals surface area contributed by atoms with Crippen LogP contribution in [-0.2, 0) is 9.53 Å². The Morgan fingerprint density at radius 2 is 1.83 bits per heavy atom. The minimum atomic E-state index is -0.571. The minimum absolute atomic E-state index is 0.164. The van der Waals surface area contributed by atoms with Crippen molar-refractivity contribution in [1.29, 1.82) is 0 Å². The van der Waals surface area contributed by atoms with Crippen LogP contribution in [0.25, 0.3) is 6.08 Å². The largest absolute Gasteiger partial charge is 0.463 e. The van der Waals surface area contributed by atoms with Crippen LogP contribution in [0.15, 0.2) is 75.7 Å². The van der Waals surface area contributed by atoms with Crippen molar-refractivity contribution in [3.05, 3.63) is 102 Å². The van der Waals surface area contributed by atoms with Gasteiger partial charge in [-0.1, -0.05) is 71.5 Å². The molecule has 0 amide bonds. The summed E-state index contributed by atoms with van der Waals surface area (Å²) in [5, 5.41) is 0. The summed E-state index contributed by atoms with van der Waals surface area (Å²) in [4.78, 5) is 31.4. The van der Waals surface area contributed by atoms with Gasteiger partial charge in [-0.25, -0.2) is 9.79 Å². The maximum Gasteiger partial charge on any atom is 0.338 e. The molecular weight excluding hydrogens is 396 g/mol. The summed E-state index contributed by atoms with van der Waals surface area (Å²) in [5.41, 5.74) is 3.71. The van der Waals surface area contributed by atoms with E-state index in [1.807, 2.05) is 67.6 Å². The van der Waals surface area contributed by atoms with Crippen LogP contribution in [0, 0.1) is 6.92 Å². The average molecular weight is 419 g/mol. The predicted molar refractivity (Wildman–Crippen MR) is 118 cm³/mol. The molecule has 4 rings (SSSR count). The topological polar surface area (TPSA) is 60.7 Å². The molecule has 0 fully saturated rings. The number of hydrogen-bond acceptors (Lipinski definition) is 5. The number of aromatic nitrogens is 1. The molecule has 0 saturated carbocycles. The Morgan fingerprint density at radius 3 is 2.50 bits per heavy atom. The number of hydrogen-bond donors (Lipinski definition) is 0. The molecule has 1 aliphatic heterocycles. The van der Waals surface area contributed by atoms with Crippen molar-refractivity contribution in [2.24, 2.45) is 4.99 Å². The zero-order valence-electron chi connectivity index (χ0n) is 17.1. The summed E-state index contributed by atoms with van der Waals surface area (Å²) in [6, 6.07) is 17.0. The first kappa shape index (κ1) is 20.0. The fourth-order valence-electron chi connectivity index (χ4n) is 3.56. The van der Waals surface area contributed by atoms with Crippen LogP contribution in [0.4, 0.5) is 0 Å². The van der Waals surface area contributed by atoms with Crippen LogP contribution in [0.5, 0.6) is 0 Å². The number of thiazole rings is 1. The Hall–Kier alpha value is -3.25. The van der Waals surface area contributed by atoms with E-state index in [1.165, 1.54) is 11.3 Å². The Morgan fingerprint density at radius 1 is 1.13 bits per heavy atom. The highest BCUT2D eigenvalue weighted by Crippen LogP contribution is 2.30. The second-order valence-corrected chi connectivity index (χ2v) is 8.13. The second kappa shape index (κ2) is 8.24. The Labute approximate surface area is 178 Å². The van der Waals surface area contributed by atoms with Crippen LogP contribution >= 0.6 is 11.3 Å². The van der Waals surface area contributed by atoms with E-state index in [0.717, 1.165) is 16.7 Å². The molecule has 0 N–H and O–H groups in total. The third kappa shape index (κ3) is 3.66. The smallest absolute Gasteiger partial charge is 0.338 e. The minimum Gasteiger partial charge on any atom is -0.463 e. The molecule has 6 heteroatoms. The summed E-state index contributed by atoms with van der Waals surface area (Å²) in [7, 11) is 0. The van der Waals surface area contributed by atoms with Crippen LogP contribution in [0.2, 0.25) is 0 Å². The van der Waals surface area contributed by atoms with Crippen LogP contribution < -0.4 is 14.9 Å². The highest BCUT2D eigenvalue weighted by molar-refractivity contribution is 7.07. The van der Waals surface area contributed by atoms with E-state index in [2.05, 4.69) is 4.99 Å². The van der Waals surface area contributed by atoms with Crippen molar-refractivity contribution in [2.45, 2.75) is 26.8 Å². The molecule has 0 spiro atoms. The Kier molecular flexibility index (Phi) is 5.50. The maximum atomic E-state index is 13.4. The third-order valence-electron chi connectivity index (χ3n) is 5.01. The lowest BCUT2D eigenvalue weighted by atomic mass is 9.95. The number of nitrogens with zero attached hydrogens (tertiary/aromatic N) is 2. The quantitative estimate of drug-likeness (QED) is 0.612. The molecule has 1 unspecified atom stereocenters. The molecule has 0 saturated heterocycles. The first-order valence-corrected chi connectivity index (χ1v) is 10.6. The summed E-state index contributed by atoms with van der Waals surface area (Å²) in [6.07, 6.45) is 1.86. The molecule has 2 heterocycles. The Bertz CT molecular complexity index is 1300. The van der Waals surface area contributed by atoms with Gasteiger partial charge in [-0.2, -0.15) is 0 Å². The second-order valence-electron chi connectivity index (χ2n) is 7.12. The first-order chi connectivity index (χ1) is 14.5. The number of fused-ring (bicyclic) bond motifs is 1. The lowest BCUT2D eigenvalue weighted by Crippen LogP contribution is -2.39. The number of allylic oxidation sites excluding steroid dienone is 1. The fourth-order valence-corrected chi connectivity index (χ4v) is 4.60. The molecular formula is C24H22N2O3S. The number of rotatable bonds is 4. The van der Waals surface area contributed by atoms with Crippen molar-refractivity contribution in [2.75, 3.05) is 6.61 Å². The lowest BCUT2D eigenvalue weighted by molar-refractivity contribution is -0.139. The van der Waals surface area contributed by atoms with E-state index in [4.69, 9.17) is 4.74 Å². The van der Waals surface area contributed by atoms with Gasteiger partial charge in [0, 0.05) is 0 Å². The van der Waals surface area contributed by atoms with Crippen molar-refractivity contribution in [1.82, 2.24) is 4.57 Å². The van der Waals surface area contributed by atoms with E-state index in [0.29, 0.717) is 20.6 Å². The molecule has 0 bridgehead atoms. The highest BCUT2D eigenvalue weighted by Gasteiger charge is 2.33. The number of carbonyl (C=O) groups excluding carboxylic acids is 1. The molecule has 0 radical (unpaired) electrons. The van der Waals surface area contributed by atoms with Crippen molar-refractivity contribution >= 4 is 23.4 Å². The SMILES string of the molecule is CCOC(=O)C1=C(C)N=c2s/c(=C\c3ccccc3)c(=O)n2C1c1ccc(C)cc1. The molecule has 152 valence electrons. The van der Waals surface area contributed by atoms with E-state index >= 15 is 0 Å². The van der Waals surface area contributed by atoms with Crippen molar-refractivity contribution in [3.63, 3.8) is 0 Å². The van der Waals surface area contributed by atoms with Gasteiger partial charge in [-0.05, 0) is 38.0 Å². The van der Waals surface area contributed by atoms with Gasteiger partial charge in [-0.3, -0.25) is 9.36 Å². The molecule has 1 aliphatic rings. The predicted octanol–water partition coefficient (Wildman–Crippen LogP) is 3.11. The molecule has 5 nitrogen and oxygen atoms in total. The monoisotopic (exact) mass is 418 g/mol. The van der Waals surface area contributed by atoms with E-state index < -0.39 is 12.0 Å². The van der Waals surface area contributed by atoms with Gasteiger partial charge in [0.25, 0.3) is 5.56 Å². The summed E-state index contributed by atoms with van der Waals surface area (Å²) < 4.78 is 7.50. The molecule has 30 heavy (non-hydrogen) atoms. The first-order valence-electron chi connectivity index (χ1n) is 9.81. The lowest BCUT2D eigenvalue weighted by Gasteiger charge is -2.24. The Balaban J connectivity index is 1.96. The summed E-state index contributed by atoms with van der Waals surface area (Å²) in [5.74, 6) is -0.443.